The van der Waals surface area contributed by atoms with Gasteiger partial charge in [-0.25, -0.2) is 9.59 Å². The van der Waals surface area contributed by atoms with E-state index in [0.29, 0.717) is 40.1 Å². The zero-order chi connectivity index (χ0) is 26.7. The highest BCUT2D eigenvalue weighted by atomic mass is 16.5. The lowest BCUT2D eigenvalue weighted by Crippen LogP contribution is -2.45. The van der Waals surface area contributed by atoms with Crippen molar-refractivity contribution in [3.63, 3.8) is 0 Å². The second-order valence-electron chi connectivity index (χ2n) is 7.13. The molecule has 0 heterocycles. The molecule has 11 nitrogen and oxygen atoms in total. The topological polar surface area (TPSA) is 150 Å². The molecule has 0 amide bonds. The first-order valence-corrected chi connectivity index (χ1v) is 11.3. The number of carbonyl (C=O) groups is 2. The molecule has 2 aromatic carbocycles. The maximum atomic E-state index is 12.1. The molecule has 0 atom stereocenters. The molecule has 0 saturated heterocycles. The lowest BCUT2D eigenvalue weighted by atomic mass is 10.2. The number of nitrogens with zero attached hydrogens (tertiary/aromatic N) is 7. The second-order valence-corrected chi connectivity index (χ2v) is 7.13. The minimum Gasteiger partial charge on any atom is -0.456 e. The number of ether oxygens (including phenoxy) is 2. The Hall–Kier alpha value is -4.04. The molecule has 0 aliphatic heterocycles. The Morgan fingerprint density at radius 1 is 0.714 bits per heavy atom. The summed E-state index contributed by atoms with van der Waals surface area (Å²) in [5.74, 6) is -0.939. The van der Waals surface area contributed by atoms with Crippen LogP contribution in [-0.4, -0.2) is 56.8 Å². The van der Waals surface area contributed by atoms with Gasteiger partial charge in [-0.05, 0) is 35.3 Å². The molecule has 35 heavy (non-hydrogen) atoms. The lowest BCUT2D eigenvalue weighted by Gasteiger charge is -2.29. The van der Waals surface area contributed by atoms with Gasteiger partial charge in [0.15, 0.2) is 0 Å². The van der Waals surface area contributed by atoms with Gasteiger partial charge in [-0.3, -0.25) is 0 Å². The molecule has 0 fully saturated rings. The normalized spacial score (nSPS) is 9.54. The molecule has 0 radical (unpaired) electrons. The fourth-order valence-electron chi connectivity index (χ4n) is 2.48. The van der Waals surface area contributed by atoms with Gasteiger partial charge in [0.2, 0.25) is 0 Å². The number of carbonyl (C=O) groups excluding carboxylic acids is 2. The Labute approximate surface area is 206 Å². The summed E-state index contributed by atoms with van der Waals surface area (Å²) in [6.07, 6.45) is 0. The van der Waals surface area contributed by atoms with Crippen LogP contribution in [0.15, 0.2) is 58.8 Å². The van der Waals surface area contributed by atoms with Crippen LogP contribution in [0.25, 0.3) is 20.9 Å². The second kappa shape index (κ2) is 17.4. The highest BCUT2D eigenvalue weighted by molar-refractivity contribution is 5.90. The van der Waals surface area contributed by atoms with Crippen molar-refractivity contribution in [1.82, 2.24) is 0 Å². The van der Waals surface area contributed by atoms with Crippen molar-refractivity contribution in [3.8, 4) is 0 Å². The van der Waals surface area contributed by atoms with Gasteiger partial charge in [-0.2, -0.15) is 0 Å². The minimum absolute atomic E-state index is 0.193. The van der Waals surface area contributed by atoms with Gasteiger partial charge in [-0.1, -0.05) is 62.2 Å². The number of azide groups is 2. The molecule has 0 saturated carbocycles. The van der Waals surface area contributed by atoms with Crippen molar-refractivity contribution in [2.75, 3.05) is 40.4 Å². The molecular formula is C24H34N7O4+. The molecule has 0 aliphatic carbocycles. The van der Waals surface area contributed by atoms with E-state index in [1.54, 1.807) is 0 Å². The maximum absolute atomic E-state index is 12.1. The van der Waals surface area contributed by atoms with E-state index in [9.17, 15) is 9.59 Å². The fraction of sp³-hybridized carbons (Fsp3) is 0.417. The quantitative estimate of drug-likeness (QED) is 0.121. The fourth-order valence-corrected chi connectivity index (χ4v) is 2.48. The molecular weight excluding hydrogens is 450 g/mol. The van der Waals surface area contributed by atoms with Crippen LogP contribution < -0.4 is 0 Å². The molecule has 2 aromatic rings. The summed E-state index contributed by atoms with van der Waals surface area (Å²) in [5.41, 5.74) is 18.3. The number of benzene rings is 2. The summed E-state index contributed by atoms with van der Waals surface area (Å²) in [4.78, 5) is 29.6. The van der Waals surface area contributed by atoms with E-state index in [1.807, 2.05) is 41.8 Å². The zero-order valence-corrected chi connectivity index (χ0v) is 21.2. The predicted molar refractivity (Wildman–Crippen MR) is 136 cm³/mol. The number of hydrogen-bond donors (Lipinski definition) is 0. The number of quaternary nitrogens is 1. The Morgan fingerprint density at radius 2 is 1.03 bits per heavy atom. The smallest absolute Gasteiger partial charge is 0.338 e. The molecule has 0 N–H and O–H groups in total. The van der Waals surface area contributed by atoms with Crippen LogP contribution in [0.2, 0.25) is 0 Å². The SMILES string of the molecule is CC.CC.C[N+](C)(CCOC(=O)c1ccc(N=[N+]=[N-])cc1)CCOC(=O)c1ccc(N=[N+]=[N-])cc1. The van der Waals surface area contributed by atoms with Crippen molar-refractivity contribution in [1.29, 1.82) is 0 Å². The number of rotatable bonds is 10. The van der Waals surface area contributed by atoms with E-state index in [-0.39, 0.29) is 13.2 Å². The van der Waals surface area contributed by atoms with Crippen molar-refractivity contribution in [2.24, 2.45) is 10.2 Å². The van der Waals surface area contributed by atoms with E-state index in [2.05, 4.69) is 20.1 Å². The van der Waals surface area contributed by atoms with Gasteiger partial charge in [0.25, 0.3) is 0 Å². The number of hydrogen-bond acceptors (Lipinski definition) is 6. The van der Waals surface area contributed by atoms with E-state index in [4.69, 9.17) is 20.5 Å². The van der Waals surface area contributed by atoms with Crippen LogP contribution in [-0.2, 0) is 9.47 Å². The molecule has 0 aliphatic rings. The van der Waals surface area contributed by atoms with Gasteiger partial charge >= 0.3 is 11.9 Å². The van der Waals surface area contributed by atoms with E-state index in [0.717, 1.165) is 0 Å². The minimum atomic E-state index is -0.469. The molecule has 0 aromatic heterocycles. The van der Waals surface area contributed by atoms with E-state index < -0.39 is 11.9 Å². The highest BCUT2D eigenvalue weighted by Gasteiger charge is 2.18. The van der Waals surface area contributed by atoms with Crippen molar-refractivity contribution >= 4 is 23.3 Å². The third kappa shape index (κ3) is 12.1. The summed E-state index contributed by atoms with van der Waals surface area (Å²) in [7, 11) is 3.87. The Kier molecular flexibility index (Phi) is 15.4. The van der Waals surface area contributed by atoms with Gasteiger partial charge in [0.1, 0.15) is 26.3 Å². The molecule has 188 valence electrons. The highest BCUT2D eigenvalue weighted by Crippen LogP contribution is 2.15. The van der Waals surface area contributed by atoms with Gasteiger partial charge < -0.3 is 14.0 Å². The van der Waals surface area contributed by atoms with Crippen molar-refractivity contribution in [3.05, 3.63) is 80.5 Å². The summed E-state index contributed by atoms with van der Waals surface area (Å²) >= 11 is 0. The van der Waals surface area contributed by atoms with E-state index >= 15 is 0 Å². The first-order chi connectivity index (χ1) is 16.8. The van der Waals surface area contributed by atoms with Crippen molar-refractivity contribution in [2.45, 2.75) is 27.7 Å². The standard InChI is InChI=1S/C20H22N7O4.2C2H6/c1-27(2,11-13-30-19(28)15-3-7-17(8-4-15)23-25-21)12-14-31-20(29)16-5-9-18(10-6-16)24-26-22;2*1-2/h3-10H,11-14H2,1-2H3;2*1-2H3/q+1;;. The monoisotopic (exact) mass is 484 g/mol. The molecule has 0 spiro atoms. The lowest BCUT2D eigenvalue weighted by molar-refractivity contribution is -0.890. The average molecular weight is 485 g/mol. The first-order valence-electron chi connectivity index (χ1n) is 11.3. The largest absolute Gasteiger partial charge is 0.456 e. The van der Waals surface area contributed by atoms with Crippen LogP contribution >= 0.6 is 0 Å². The van der Waals surface area contributed by atoms with Crippen LogP contribution in [0, 0.1) is 0 Å². The average Bonchev–Trinajstić information content (AvgIpc) is 2.87. The maximum Gasteiger partial charge on any atom is 0.338 e. The number of esters is 2. The van der Waals surface area contributed by atoms with Crippen LogP contribution in [0.1, 0.15) is 48.4 Å². The van der Waals surface area contributed by atoms with E-state index in [1.165, 1.54) is 48.5 Å². The molecule has 0 bridgehead atoms. The summed E-state index contributed by atoms with van der Waals surface area (Å²) in [5, 5.41) is 6.89. The Bertz CT molecular complexity index is 928. The molecule has 2 rings (SSSR count). The summed E-state index contributed by atoms with van der Waals surface area (Å²) in [6, 6.07) is 12.3. The summed E-state index contributed by atoms with van der Waals surface area (Å²) < 4.78 is 11.1. The van der Waals surface area contributed by atoms with Crippen LogP contribution in [0.5, 0.6) is 0 Å². The van der Waals surface area contributed by atoms with Crippen LogP contribution in [0.4, 0.5) is 11.4 Å². The molecule has 0 unspecified atom stereocenters. The third-order valence-corrected chi connectivity index (χ3v) is 4.39. The summed E-state index contributed by atoms with van der Waals surface area (Å²) in [6.45, 7) is 9.44. The molecule has 11 heteroatoms. The number of likely N-dealkylation sites (N-methyl/N-ethyl adjacent to an activating group) is 1. The first kappa shape index (κ1) is 31.0. The van der Waals surface area contributed by atoms with Gasteiger partial charge in [0.05, 0.1) is 25.2 Å². The van der Waals surface area contributed by atoms with Gasteiger partial charge in [-0.15, -0.1) is 0 Å². The third-order valence-electron chi connectivity index (χ3n) is 4.39. The van der Waals surface area contributed by atoms with Crippen LogP contribution in [0.3, 0.4) is 0 Å². The van der Waals surface area contributed by atoms with Crippen molar-refractivity contribution < 1.29 is 23.5 Å². The zero-order valence-electron chi connectivity index (χ0n) is 21.2. The predicted octanol–water partition coefficient (Wildman–Crippen LogP) is 6.71. The Morgan fingerprint density at radius 3 is 1.31 bits per heavy atom. The Balaban J connectivity index is 0.00000274. The van der Waals surface area contributed by atoms with Gasteiger partial charge in [0, 0.05) is 21.2 Å².